The van der Waals surface area contributed by atoms with E-state index >= 15 is 0 Å². The van der Waals surface area contributed by atoms with Crippen LogP contribution in [0.2, 0.25) is 0 Å². The van der Waals surface area contributed by atoms with Crippen LogP contribution in [0, 0.1) is 5.41 Å². The van der Waals surface area contributed by atoms with Crippen molar-refractivity contribution in [1.82, 2.24) is 0 Å². The lowest BCUT2D eigenvalue weighted by Gasteiger charge is -2.17. The van der Waals surface area contributed by atoms with Gasteiger partial charge in [0.25, 0.3) is 5.91 Å². The van der Waals surface area contributed by atoms with Crippen molar-refractivity contribution in [1.29, 1.82) is 0 Å². The van der Waals surface area contributed by atoms with Gasteiger partial charge in [0.1, 0.15) is 0 Å². The molecule has 0 aliphatic rings. The molecule has 4 N–H and O–H groups in total. The van der Waals surface area contributed by atoms with E-state index in [1.54, 1.807) is 24.3 Å². The molecule has 148 valence electrons. The van der Waals surface area contributed by atoms with Crippen molar-refractivity contribution < 1.29 is 14.4 Å². The number of para-hydroxylation sites is 1. The van der Waals surface area contributed by atoms with Gasteiger partial charge < -0.3 is 16.4 Å². The highest BCUT2D eigenvalue weighted by Gasteiger charge is 2.16. The molecule has 7 heteroatoms. The lowest BCUT2D eigenvalue weighted by molar-refractivity contribution is -0.118. The van der Waals surface area contributed by atoms with Crippen molar-refractivity contribution in [3.63, 3.8) is 0 Å². The molecule has 6 nitrogen and oxygen atoms in total. The largest absolute Gasteiger partial charge is 0.366 e. The van der Waals surface area contributed by atoms with Gasteiger partial charge in [-0.25, -0.2) is 0 Å². The summed E-state index contributed by atoms with van der Waals surface area (Å²) in [5.74, 6) is -0.669. The zero-order valence-corrected chi connectivity index (χ0v) is 17.1. The third-order valence-corrected chi connectivity index (χ3v) is 4.68. The van der Waals surface area contributed by atoms with Crippen LogP contribution in [0.1, 0.15) is 37.6 Å². The maximum atomic E-state index is 12.2. The van der Waals surface area contributed by atoms with E-state index in [1.807, 2.05) is 45.0 Å². The van der Waals surface area contributed by atoms with E-state index in [0.29, 0.717) is 12.1 Å². The number of rotatable bonds is 7. The molecule has 28 heavy (non-hydrogen) atoms. The summed E-state index contributed by atoms with van der Waals surface area (Å²) < 4.78 is 0. The molecular weight excluding hydrogens is 374 g/mol. The first-order valence-corrected chi connectivity index (χ1v) is 9.84. The third kappa shape index (κ3) is 7.08. The van der Waals surface area contributed by atoms with E-state index in [4.69, 9.17) is 5.73 Å². The van der Waals surface area contributed by atoms with E-state index in [1.165, 1.54) is 11.8 Å². The molecule has 0 aliphatic carbocycles. The monoisotopic (exact) mass is 399 g/mol. The minimum Gasteiger partial charge on any atom is -0.366 e. The van der Waals surface area contributed by atoms with Crippen molar-refractivity contribution >= 4 is 40.9 Å². The molecule has 0 aliphatic heterocycles. The minimum atomic E-state index is -0.590. The van der Waals surface area contributed by atoms with E-state index in [9.17, 15) is 14.4 Å². The van der Waals surface area contributed by atoms with Crippen LogP contribution in [0.15, 0.2) is 53.4 Å². The van der Waals surface area contributed by atoms with Crippen LogP contribution in [-0.4, -0.2) is 23.5 Å². The highest BCUT2D eigenvalue weighted by Crippen LogP contribution is 2.23. The molecule has 2 aromatic carbocycles. The standard InChI is InChI=1S/C21H25N3O3S/c1-21(2,3)12-18(25)23-14-8-10-15(11-9-14)28-13-19(26)24-17-7-5-4-6-16(17)20(22)27/h4-11H,12-13H2,1-3H3,(H2,22,27)(H,23,25)(H,24,26). The third-order valence-electron chi connectivity index (χ3n) is 3.67. The smallest absolute Gasteiger partial charge is 0.250 e. The Bertz CT molecular complexity index is 858. The molecule has 0 atom stereocenters. The second-order valence-corrected chi connectivity index (χ2v) is 8.61. The van der Waals surface area contributed by atoms with E-state index in [-0.39, 0.29) is 28.5 Å². The summed E-state index contributed by atoms with van der Waals surface area (Å²) in [6.45, 7) is 6.04. The van der Waals surface area contributed by atoms with Gasteiger partial charge in [0.15, 0.2) is 0 Å². The van der Waals surface area contributed by atoms with Crippen molar-refractivity contribution in [3.8, 4) is 0 Å². The van der Waals surface area contributed by atoms with Gasteiger partial charge in [-0.15, -0.1) is 11.8 Å². The SMILES string of the molecule is CC(C)(C)CC(=O)Nc1ccc(SCC(=O)Nc2ccccc2C(N)=O)cc1. The van der Waals surface area contributed by atoms with E-state index in [0.717, 1.165) is 10.6 Å². The molecule has 2 rings (SSSR count). The van der Waals surface area contributed by atoms with Crippen LogP contribution in [0.25, 0.3) is 0 Å². The molecule has 0 bridgehead atoms. The number of carbonyl (C=O) groups is 3. The Kier molecular flexibility index (Phi) is 7.23. The first kappa shape index (κ1) is 21.5. The number of thioether (sulfide) groups is 1. The number of hydrogen-bond donors (Lipinski definition) is 3. The lowest BCUT2D eigenvalue weighted by atomic mass is 9.92. The summed E-state index contributed by atoms with van der Waals surface area (Å²) >= 11 is 1.36. The highest BCUT2D eigenvalue weighted by atomic mass is 32.2. The fourth-order valence-corrected chi connectivity index (χ4v) is 3.16. The van der Waals surface area contributed by atoms with Gasteiger partial charge in [0.2, 0.25) is 11.8 Å². The van der Waals surface area contributed by atoms with Crippen LogP contribution >= 0.6 is 11.8 Å². The molecule has 0 radical (unpaired) electrons. The quantitative estimate of drug-likeness (QED) is 0.615. The number of primary amides is 1. The second-order valence-electron chi connectivity index (χ2n) is 7.56. The zero-order chi connectivity index (χ0) is 20.7. The number of nitrogens with one attached hydrogen (secondary N) is 2. The van der Waals surface area contributed by atoms with Crippen molar-refractivity contribution in [2.75, 3.05) is 16.4 Å². The van der Waals surface area contributed by atoms with Crippen LogP contribution in [0.5, 0.6) is 0 Å². The first-order valence-electron chi connectivity index (χ1n) is 8.85. The van der Waals surface area contributed by atoms with Gasteiger partial charge in [-0.05, 0) is 41.8 Å². The molecular formula is C21H25N3O3S. The first-order chi connectivity index (χ1) is 13.1. The van der Waals surface area contributed by atoms with Gasteiger partial charge in [-0.3, -0.25) is 14.4 Å². The summed E-state index contributed by atoms with van der Waals surface area (Å²) in [7, 11) is 0. The Balaban J connectivity index is 1.87. The highest BCUT2D eigenvalue weighted by molar-refractivity contribution is 8.00. The molecule has 0 saturated heterocycles. The van der Waals surface area contributed by atoms with Crippen molar-refractivity contribution in [2.45, 2.75) is 32.1 Å². The Hall–Kier alpha value is -2.80. The van der Waals surface area contributed by atoms with Crippen LogP contribution in [0.3, 0.4) is 0 Å². The number of nitrogens with two attached hydrogens (primary N) is 1. The predicted octanol–water partition coefficient (Wildman–Crippen LogP) is 3.89. The van der Waals surface area contributed by atoms with Crippen LogP contribution in [0.4, 0.5) is 11.4 Å². The number of anilines is 2. The molecule has 0 heterocycles. The molecule has 0 saturated carbocycles. The Morgan fingerprint density at radius 1 is 0.929 bits per heavy atom. The topological polar surface area (TPSA) is 101 Å². The van der Waals surface area contributed by atoms with Gasteiger partial charge in [0.05, 0.1) is 17.0 Å². The summed E-state index contributed by atoms with van der Waals surface area (Å²) in [4.78, 5) is 36.4. The van der Waals surface area contributed by atoms with Crippen LogP contribution in [-0.2, 0) is 9.59 Å². The fourth-order valence-electron chi connectivity index (χ4n) is 2.46. The molecule has 0 spiro atoms. The lowest BCUT2D eigenvalue weighted by Crippen LogP contribution is -2.19. The van der Waals surface area contributed by atoms with Gasteiger partial charge >= 0.3 is 0 Å². The zero-order valence-electron chi connectivity index (χ0n) is 16.2. The summed E-state index contributed by atoms with van der Waals surface area (Å²) in [6, 6.07) is 13.9. The maximum absolute atomic E-state index is 12.2. The Labute approximate surface area is 169 Å². The average molecular weight is 400 g/mol. The number of carbonyl (C=O) groups excluding carboxylic acids is 3. The molecule has 0 unspecified atom stereocenters. The molecule has 0 aromatic heterocycles. The Morgan fingerprint density at radius 3 is 2.18 bits per heavy atom. The second kappa shape index (κ2) is 9.41. The fraction of sp³-hybridized carbons (Fsp3) is 0.286. The summed E-state index contributed by atoms with van der Waals surface area (Å²) in [6.07, 6.45) is 0.441. The maximum Gasteiger partial charge on any atom is 0.250 e. The predicted molar refractivity (Wildman–Crippen MR) is 113 cm³/mol. The molecule has 3 amide bonds. The van der Waals surface area contributed by atoms with Crippen molar-refractivity contribution in [3.05, 3.63) is 54.1 Å². The van der Waals surface area contributed by atoms with Gasteiger partial charge in [-0.1, -0.05) is 32.9 Å². The van der Waals surface area contributed by atoms with Gasteiger partial charge in [-0.2, -0.15) is 0 Å². The normalized spacial score (nSPS) is 11.0. The summed E-state index contributed by atoms with van der Waals surface area (Å²) in [5, 5.41) is 5.57. The minimum absolute atomic E-state index is 0.0274. The number of hydrogen-bond acceptors (Lipinski definition) is 4. The Morgan fingerprint density at radius 2 is 1.57 bits per heavy atom. The van der Waals surface area contributed by atoms with Gasteiger partial charge in [0, 0.05) is 17.0 Å². The summed E-state index contributed by atoms with van der Waals surface area (Å²) in [5.41, 5.74) is 6.64. The average Bonchev–Trinajstić information content (AvgIpc) is 2.60. The van der Waals surface area contributed by atoms with Crippen LogP contribution < -0.4 is 16.4 Å². The van der Waals surface area contributed by atoms with Crippen molar-refractivity contribution in [2.24, 2.45) is 11.1 Å². The van der Waals surface area contributed by atoms with E-state index in [2.05, 4.69) is 10.6 Å². The number of benzene rings is 2. The molecule has 0 fully saturated rings. The van der Waals surface area contributed by atoms with E-state index < -0.39 is 5.91 Å². The number of amides is 3. The molecule has 2 aromatic rings.